The van der Waals surface area contributed by atoms with E-state index in [-0.39, 0.29) is 5.82 Å². The second-order valence-corrected chi connectivity index (χ2v) is 5.00. The first-order chi connectivity index (χ1) is 8.31. The number of hydrogen-bond acceptors (Lipinski definition) is 3. The first kappa shape index (κ1) is 10.6. The van der Waals surface area contributed by atoms with Crippen molar-refractivity contribution in [1.29, 1.82) is 0 Å². The highest BCUT2D eigenvalue weighted by Crippen LogP contribution is 2.30. The molecule has 1 aliphatic heterocycles. The van der Waals surface area contributed by atoms with E-state index in [0.29, 0.717) is 6.04 Å². The van der Waals surface area contributed by atoms with Gasteiger partial charge in [-0.3, -0.25) is 0 Å². The highest BCUT2D eigenvalue weighted by atomic mass is 32.1. The number of thiophene rings is 1. The quantitative estimate of drug-likeness (QED) is 0.851. The van der Waals surface area contributed by atoms with Gasteiger partial charge < -0.3 is 10.6 Å². The minimum atomic E-state index is -0.177. The van der Waals surface area contributed by atoms with Crippen LogP contribution in [0.3, 0.4) is 0 Å². The number of anilines is 2. The molecule has 17 heavy (non-hydrogen) atoms. The Morgan fingerprint density at radius 2 is 1.94 bits per heavy atom. The number of rotatable bonds is 2. The van der Waals surface area contributed by atoms with E-state index in [0.717, 1.165) is 18.5 Å². The molecule has 1 atom stereocenters. The Bertz CT molecular complexity index is 506. The van der Waals surface area contributed by atoms with Crippen LogP contribution in [0.4, 0.5) is 15.8 Å². The second-order valence-electron chi connectivity index (χ2n) is 4.25. The Morgan fingerprint density at radius 1 is 1.18 bits per heavy atom. The molecule has 0 radical (unpaired) electrons. The number of fused-ring (bicyclic) bond motifs is 1. The summed E-state index contributed by atoms with van der Waals surface area (Å²) < 4.78 is 12.8. The highest BCUT2D eigenvalue weighted by molar-refractivity contribution is 7.09. The molecule has 1 unspecified atom stereocenters. The summed E-state index contributed by atoms with van der Waals surface area (Å²) in [7, 11) is 0. The van der Waals surface area contributed by atoms with Gasteiger partial charge in [-0.05, 0) is 24.1 Å². The van der Waals surface area contributed by atoms with Crippen LogP contribution in [-0.2, 0) is 6.42 Å². The Balaban J connectivity index is 1.69. The molecule has 0 fully saturated rings. The maximum atomic E-state index is 12.8. The van der Waals surface area contributed by atoms with Crippen molar-refractivity contribution in [2.45, 2.75) is 12.5 Å². The van der Waals surface area contributed by atoms with Gasteiger partial charge in [0.2, 0.25) is 0 Å². The summed E-state index contributed by atoms with van der Waals surface area (Å²) in [5.74, 6) is -0.177. The average molecular weight is 248 g/mol. The second kappa shape index (κ2) is 4.37. The van der Waals surface area contributed by atoms with Gasteiger partial charge in [0, 0.05) is 23.3 Å². The standard InChI is InChI=1S/C13H13FN2S/c14-10-3-1-9(2-4-10)5-11-6-15-12-7-17-8-13(12)16-11/h1-4,7-8,11,15-16H,5-6H2. The minimum Gasteiger partial charge on any atom is -0.381 e. The zero-order valence-corrected chi connectivity index (χ0v) is 10.1. The Hall–Kier alpha value is -1.55. The molecular formula is C13H13FN2S. The predicted octanol–water partition coefficient (Wildman–Crippen LogP) is 3.34. The van der Waals surface area contributed by atoms with Crippen molar-refractivity contribution < 1.29 is 4.39 Å². The Labute approximate surface area is 103 Å². The molecule has 1 aromatic heterocycles. The number of halogens is 1. The van der Waals surface area contributed by atoms with E-state index in [1.807, 2.05) is 12.1 Å². The normalized spacial score (nSPS) is 18.1. The van der Waals surface area contributed by atoms with Gasteiger partial charge in [-0.1, -0.05) is 12.1 Å². The first-order valence-electron chi connectivity index (χ1n) is 5.62. The summed E-state index contributed by atoms with van der Waals surface area (Å²) in [6.45, 7) is 0.904. The maximum Gasteiger partial charge on any atom is 0.123 e. The van der Waals surface area contributed by atoms with Gasteiger partial charge in [0.1, 0.15) is 5.82 Å². The summed E-state index contributed by atoms with van der Waals surface area (Å²) in [6, 6.07) is 7.09. The highest BCUT2D eigenvalue weighted by Gasteiger charge is 2.17. The van der Waals surface area contributed by atoms with Crippen LogP contribution in [0.25, 0.3) is 0 Å². The van der Waals surface area contributed by atoms with Crippen molar-refractivity contribution in [3.63, 3.8) is 0 Å². The largest absolute Gasteiger partial charge is 0.381 e. The van der Waals surface area contributed by atoms with Crippen molar-refractivity contribution in [3.05, 3.63) is 46.4 Å². The van der Waals surface area contributed by atoms with Gasteiger partial charge in [0.05, 0.1) is 11.4 Å². The summed E-state index contributed by atoms with van der Waals surface area (Å²) in [5, 5.41) is 11.1. The van der Waals surface area contributed by atoms with E-state index in [9.17, 15) is 4.39 Å². The molecule has 88 valence electrons. The van der Waals surface area contributed by atoms with Crippen molar-refractivity contribution in [2.75, 3.05) is 17.2 Å². The van der Waals surface area contributed by atoms with Crippen LogP contribution >= 0.6 is 11.3 Å². The molecule has 2 heterocycles. The Morgan fingerprint density at radius 3 is 2.76 bits per heavy atom. The summed E-state index contributed by atoms with van der Waals surface area (Å²) in [6.07, 6.45) is 0.905. The fourth-order valence-corrected chi connectivity index (χ4v) is 2.82. The fraction of sp³-hybridized carbons (Fsp3) is 0.231. The number of hydrogen-bond donors (Lipinski definition) is 2. The monoisotopic (exact) mass is 248 g/mol. The van der Waals surface area contributed by atoms with E-state index in [1.54, 1.807) is 11.3 Å². The summed E-state index contributed by atoms with van der Waals surface area (Å²) in [5.41, 5.74) is 3.52. The van der Waals surface area contributed by atoms with E-state index < -0.39 is 0 Å². The average Bonchev–Trinajstić information content (AvgIpc) is 2.79. The molecule has 0 aliphatic carbocycles. The van der Waals surface area contributed by atoms with Gasteiger partial charge in [-0.25, -0.2) is 4.39 Å². The summed E-state index contributed by atoms with van der Waals surface area (Å²) >= 11 is 1.69. The van der Waals surface area contributed by atoms with Gasteiger partial charge >= 0.3 is 0 Å². The van der Waals surface area contributed by atoms with Gasteiger partial charge in [0.15, 0.2) is 0 Å². The van der Waals surface area contributed by atoms with Crippen LogP contribution in [0.2, 0.25) is 0 Å². The first-order valence-corrected chi connectivity index (χ1v) is 6.56. The van der Waals surface area contributed by atoms with Crippen molar-refractivity contribution >= 4 is 22.7 Å². The SMILES string of the molecule is Fc1ccc(CC2CNc3cscc3N2)cc1. The molecule has 3 rings (SSSR count). The van der Waals surface area contributed by atoms with Crippen LogP contribution in [-0.4, -0.2) is 12.6 Å². The lowest BCUT2D eigenvalue weighted by atomic mass is 10.0. The predicted molar refractivity (Wildman–Crippen MR) is 70.3 cm³/mol. The van der Waals surface area contributed by atoms with Crippen molar-refractivity contribution in [3.8, 4) is 0 Å². The molecule has 2 nitrogen and oxygen atoms in total. The molecule has 0 bridgehead atoms. The van der Waals surface area contributed by atoms with Crippen LogP contribution in [0.1, 0.15) is 5.56 Å². The zero-order valence-electron chi connectivity index (χ0n) is 9.24. The molecule has 4 heteroatoms. The Kier molecular flexibility index (Phi) is 2.73. The lowest BCUT2D eigenvalue weighted by Crippen LogP contribution is -2.34. The lowest BCUT2D eigenvalue weighted by Gasteiger charge is -2.26. The van der Waals surface area contributed by atoms with E-state index in [2.05, 4.69) is 21.4 Å². The minimum absolute atomic E-state index is 0.177. The molecule has 2 aromatic rings. The third-order valence-corrected chi connectivity index (χ3v) is 3.70. The van der Waals surface area contributed by atoms with E-state index in [1.165, 1.54) is 23.5 Å². The third-order valence-electron chi connectivity index (χ3n) is 2.96. The maximum absolute atomic E-state index is 12.8. The molecule has 0 spiro atoms. The molecule has 0 saturated heterocycles. The molecular weight excluding hydrogens is 235 g/mol. The molecule has 1 aliphatic rings. The van der Waals surface area contributed by atoms with Crippen LogP contribution in [0.5, 0.6) is 0 Å². The van der Waals surface area contributed by atoms with Crippen LogP contribution < -0.4 is 10.6 Å². The van der Waals surface area contributed by atoms with Crippen LogP contribution in [0, 0.1) is 5.82 Å². The summed E-state index contributed by atoms with van der Waals surface area (Å²) in [4.78, 5) is 0. The molecule has 0 amide bonds. The smallest absolute Gasteiger partial charge is 0.123 e. The lowest BCUT2D eigenvalue weighted by molar-refractivity contribution is 0.626. The van der Waals surface area contributed by atoms with Gasteiger partial charge in [-0.15, -0.1) is 11.3 Å². The fourth-order valence-electron chi connectivity index (χ4n) is 2.08. The number of benzene rings is 1. The van der Waals surface area contributed by atoms with Crippen molar-refractivity contribution in [2.24, 2.45) is 0 Å². The number of nitrogens with one attached hydrogen (secondary N) is 2. The van der Waals surface area contributed by atoms with Crippen LogP contribution in [0.15, 0.2) is 35.0 Å². The van der Waals surface area contributed by atoms with E-state index in [4.69, 9.17) is 0 Å². The molecule has 2 N–H and O–H groups in total. The van der Waals surface area contributed by atoms with Gasteiger partial charge in [0.25, 0.3) is 0 Å². The third kappa shape index (κ3) is 2.26. The molecule has 0 saturated carbocycles. The molecule has 1 aromatic carbocycles. The van der Waals surface area contributed by atoms with Crippen molar-refractivity contribution in [1.82, 2.24) is 0 Å². The topological polar surface area (TPSA) is 24.1 Å². The van der Waals surface area contributed by atoms with Gasteiger partial charge in [-0.2, -0.15) is 0 Å². The zero-order chi connectivity index (χ0) is 11.7. The van der Waals surface area contributed by atoms with E-state index >= 15 is 0 Å².